The summed E-state index contributed by atoms with van der Waals surface area (Å²) in [6.45, 7) is 6.68. The second kappa shape index (κ2) is 6.46. The summed E-state index contributed by atoms with van der Waals surface area (Å²) in [7, 11) is 0. The number of hydrogen-bond donors (Lipinski definition) is 1. The molecule has 0 spiro atoms. The average molecular weight is 225 g/mol. The van der Waals surface area contributed by atoms with Gasteiger partial charge >= 0.3 is 0 Å². The van der Waals surface area contributed by atoms with Crippen molar-refractivity contribution in [3.8, 4) is 6.07 Å². The highest BCUT2D eigenvalue weighted by atomic mass is 16.5. The van der Waals surface area contributed by atoms with E-state index >= 15 is 0 Å². The van der Waals surface area contributed by atoms with E-state index in [1.807, 2.05) is 19.9 Å². The van der Waals surface area contributed by atoms with Gasteiger partial charge in [-0.2, -0.15) is 5.26 Å². The third-order valence-electron chi connectivity index (χ3n) is 2.66. The first-order valence-corrected chi connectivity index (χ1v) is 5.63. The first kappa shape index (κ1) is 12.9. The van der Waals surface area contributed by atoms with Crippen LogP contribution in [-0.2, 0) is 9.53 Å². The predicted molar refractivity (Wildman–Crippen MR) is 59.6 cm³/mol. The number of rotatable bonds is 4. The molecular weight excluding hydrogens is 206 g/mol. The van der Waals surface area contributed by atoms with Crippen LogP contribution in [0.5, 0.6) is 0 Å². The van der Waals surface area contributed by atoms with Gasteiger partial charge in [0.25, 0.3) is 0 Å². The fourth-order valence-corrected chi connectivity index (χ4v) is 1.74. The molecule has 1 atom stereocenters. The Morgan fingerprint density at radius 2 is 2.12 bits per heavy atom. The molecule has 90 valence electrons. The molecule has 16 heavy (non-hydrogen) atoms. The van der Waals surface area contributed by atoms with Crippen molar-refractivity contribution in [3.05, 3.63) is 0 Å². The van der Waals surface area contributed by atoms with Gasteiger partial charge in [0.15, 0.2) is 0 Å². The van der Waals surface area contributed by atoms with Crippen LogP contribution in [0.2, 0.25) is 0 Å². The molecule has 0 bridgehead atoms. The van der Waals surface area contributed by atoms with E-state index < -0.39 is 0 Å². The predicted octanol–water partition coefficient (Wildman–Crippen LogP) is -0.0170. The summed E-state index contributed by atoms with van der Waals surface area (Å²) >= 11 is 0. The van der Waals surface area contributed by atoms with Crippen LogP contribution in [0.1, 0.15) is 13.8 Å². The molecule has 1 N–H and O–H groups in total. The molecule has 0 aromatic carbocycles. The normalized spacial score (nSPS) is 18.2. The van der Waals surface area contributed by atoms with E-state index in [1.54, 1.807) is 4.90 Å². The van der Waals surface area contributed by atoms with E-state index in [4.69, 9.17) is 10.00 Å². The maximum atomic E-state index is 12.1. The van der Waals surface area contributed by atoms with E-state index in [-0.39, 0.29) is 24.4 Å². The van der Waals surface area contributed by atoms with Crippen molar-refractivity contribution in [2.75, 3.05) is 32.8 Å². The maximum Gasteiger partial charge on any atom is 0.240 e. The Hall–Kier alpha value is -1.12. The van der Waals surface area contributed by atoms with Gasteiger partial charge in [-0.1, -0.05) is 13.8 Å². The number of carbonyl (C=O) groups excluding carboxylic acids is 1. The quantitative estimate of drug-likeness (QED) is 0.683. The lowest BCUT2D eigenvalue weighted by atomic mass is 10.0. The number of morpholine rings is 1. The van der Waals surface area contributed by atoms with Gasteiger partial charge in [0.05, 0.1) is 31.9 Å². The number of nitrogens with zero attached hydrogens (tertiary/aromatic N) is 2. The Morgan fingerprint density at radius 3 is 2.62 bits per heavy atom. The van der Waals surface area contributed by atoms with Crippen molar-refractivity contribution in [3.63, 3.8) is 0 Å². The van der Waals surface area contributed by atoms with Crippen LogP contribution in [0.25, 0.3) is 0 Å². The fourth-order valence-electron chi connectivity index (χ4n) is 1.74. The van der Waals surface area contributed by atoms with Gasteiger partial charge in [-0.15, -0.1) is 0 Å². The molecule has 1 amide bonds. The van der Waals surface area contributed by atoms with E-state index in [9.17, 15) is 4.79 Å². The van der Waals surface area contributed by atoms with Gasteiger partial charge in [-0.05, 0) is 5.92 Å². The Bertz CT molecular complexity index is 267. The SMILES string of the molecule is CC(C)[C@H](NCC#N)C(=O)N1CCOCC1. The highest BCUT2D eigenvalue weighted by Crippen LogP contribution is 2.08. The molecule has 0 unspecified atom stereocenters. The number of hydrogen-bond acceptors (Lipinski definition) is 4. The van der Waals surface area contributed by atoms with Gasteiger partial charge in [-0.25, -0.2) is 0 Å². The first-order chi connectivity index (χ1) is 7.66. The third kappa shape index (κ3) is 3.47. The molecule has 0 aromatic heterocycles. The van der Waals surface area contributed by atoms with Crippen LogP contribution < -0.4 is 5.32 Å². The van der Waals surface area contributed by atoms with E-state index in [0.29, 0.717) is 26.3 Å². The minimum atomic E-state index is -0.266. The molecule has 1 rings (SSSR count). The first-order valence-electron chi connectivity index (χ1n) is 5.63. The van der Waals surface area contributed by atoms with Crippen molar-refractivity contribution in [2.24, 2.45) is 5.92 Å². The molecule has 5 nitrogen and oxygen atoms in total. The summed E-state index contributed by atoms with van der Waals surface area (Å²) in [5, 5.41) is 11.5. The summed E-state index contributed by atoms with van der Waals surface area (Å²) in [5.74, 6) is 0.261. The number of amides is 1. The summed E-state index contributed by atoms with van der Waals surface area (Å²) in [6.07, 6.45) is 0. The van der Waals surface area contributed by atoms with Crippen molar-refractivity contribution in [1.82, 2.24) is 10.2 Å². The minimum absolute atomic E-state index is 0.0774. The number of nitrogens with one attached hydrogen (secondary N) is 1. The van der Waals surface area contributed by atoms with Crippen molar-refractivity contribution < 1.29 is 9.53 Å². The van der Waals surface area contributed by atoms with Crippen LogP contribution in [0.3, 0.4) is 0 Å². The van der Waals surface area contributed by atoms with Crippen molar-refractivity contribution in [2.45, 2.75) is 19.9 Å². The molecule has 5 heteroatoms. The summed E-state index contributed by atoms with van der Waals surface area (Å²) in [6, 6.07) is 1.74. The molecular formula is C11H19N3O2. The van der Waals surface area contributed by atoms with Crippen LogP contribution in [0.15, 0.2) is 0 Å². The van der Waals surface area contributed by atoms with Crippen LogP contribution in [-0.4, -0.2) is 49.7 Å². The molecule has 0 aromatic rings. The summed E-state index contributed by atoms with van der Waals surface area (Å²) < 4.78 is 5.20. The largest absolute Gasteiger partial charge is 0.378 e. The second-order valence-corrected chi connectivity index (χ2v) is 4.20. The van der Waals surface area contributed by atoms with Crippen LogP contribution in [0.4, 0.5) is 0 Å². The van der Waals surface area contributed by atoms with Crippen LogP contribution >= 0.6 is 0 Å². The zero-order valence-electron chi connectivity index (χ0n) is 9.90. The minimum Gasteiger partial charge on any atom is -0.378 e. The Kier molecular flexibility index (Phi) is 5.23. The van der Waals surface area contributed by atoms with Gasteiger partial charge in [0.2, 0.25) is 5.91 Å². The lowest BCUT2D eigenvalue weighted by Crippen LogP contribution is -2.52. The zero-order chi connectivity index (χ0) is 12.0. The number of nitriles is 1. The third-order valence-corrected chi connectivity index (χ3v) is 2.66. The molecule has 0 aliphatic carbocycles. The van der Waals surface area contributed by atoms with E-state index in [1.165, 1.54) is 0 Å². The Balaban J connectivity index is 2.55. The molecule has 0 saturated carbocycles. The maximum absolute atomic E-state index is 12.1. The van der Waals surface area contributed by atoms with Gasteiger partial charge in [0.1, 0.15) is 0 Å². The van der Waals surface area contributed by atoms with Crippen LogP contribution in [0, 0.1) is 17.2 Å². The zero-order valence-corrected chi connectivity index (χ0v) is 9.90. The monoisotopic (exact) mass is 225 g/mol. The summed E-state index contributed by atoms with van der Waals surface area (Å²) in [5.41, 5.74) is 0. The second-order valence-electron chi connectivity index (χ2n) is 4.20. The molecule has 1 aliphatic rings. The number of carbonyl (C=O) groups is 1. The lowest BCUT2D eigenvalue weighted by molar-refractivity contribution is -0.138. The highest BCUT2D eigenvalue weighted by molar-refractivity contribution is 5.82. The van der Waals surface area contributed by atoms with E-state index in [2.05, 4.69) is 5.32 Å². The molecule has 1 aliphatic heterocycles. The number of ether oxygens (including phenoxy) is 1. The van der Waals surface area contributed by atoms with Crippen molar-refractivity contribution in [1.29, 1.82) is 5.26 Å². The standard InChI is InChI=1S/C11H19N3O2/c1-9(2)10(13-4-3-12)11(15)14-5-7-16-8-6-14/h9-10,13H,4-8H2,1-2H3/t10-/m0/s1. The molecule has 1 saturated heterocycles. The Morgan fingerprint density at radius 1 is 1.50 bits per heavy atom. The highest BCUT2D eigenvalue weighted by Gasteiger charge is 2.27. The molecule has 1 heterocycles. The van der Waals surface area contributed by atoms with Gasteiger partial charge in [-0.3, -0.25) is 10.1 Å². The Labute approximate surface area is 96.4 Å². The smallest absolute Gasteiger partial charge is 0.240 e. The summed E-state index contributed by atoms with van der Waals surface area (Å²) in [4.78, 5) is 13.9. The fraction of sp³-hybridized carbons (Fsp3) is 0.818. The molecule has 1 fully saturated rings. The van der Waals surface area contributed by atoms with Gasteiger partial charge < -0.3 is 9.64 Å². The average Bonchev–Trinajstić information content (AvgIpc) is 2.30. The lowest BCUT2D eigenvalue weighted by Gasteiger charge is -2.31. The topological polar surface area (TPSA) is 65.4 Å². The van der Waals surface area contributed by atoms with Crippen molar-refractivity contribution >= 4 is 5.91 Å². The molecule has 0 radical (unpaired) electrons. The van der Waals surface area contributed by atoms with E-state index in [0.717, 1.165) is 0 Å². The van der Waals surface area contributed by atoms with Gasteiger partial charge in [0, 0.05) is 13.1 Å².